The van der Waals surface area contributed by atoms with E-state index in [9.17, 15) is 0 Å². The monoisotopic (exact) mass is 303 g/mol. The molecule has 0 radical (unpaired) electrons. The van der Waals surface area contributed by atoms with Crippen LogP contribution in [0.25, 0.3) is 10.7 Å². The average Bonchev–Trinajstić information content (AvgIpc) is 2.60. The van der Waals surface area contributed by atoms with Crippen molar-refractivity contribution >= 4 is 44.7 Å². The van der Waals surface area contributed by atoms with Gasteiger partial charge in [0, 0.05) is 5.38 Å². The summed E-state index contributed by atoms with van der Waals surface area (Å²) in [4.78, 5) is 9.44. The molecule has 2 aromatic heterocycles. The number of anilines is 1. The van der Waals surface area contributed by atoms with Gasteiger partial charge in [0.15, 0.2) is 5.82 Å². The Morgan fingerprint density at radius 1 is 1.47 bits per heavy atom. The van der Waals surface area contributed by atoms with Crippen molar-refractivity contribution in [1.82, 2.24) is 9.97 Å². The van der Waals surface area contributed by atoms with Gasteiger partial charge in [0.05, 0.1) is 20.1 Å². The van der Waals surface area contributed by atoms with Gasteiger partial charge in [0.25, 0.3) is 0 Å². The molecule has 0 aromatic carbocycles. The number of rotatable bonds is 1. The highest BCUT2D eigenvalue weighted by molar-refractivity contribution is 9.10. The van der Waals surface area contributed by atoms with Gasteiger partial charge in [-0.2, -0.15) is 0 Å². The molecule has 2 N–H and O–H groups in total. The van der Waals surface area contributed by atoms with Gasteiger partial charge in [0.2, 0.25) is 0 Å². The van der Waals surface area contributed by atoms with Crippen molar-refractivity contribution in [3.63, 3.8) is 0 Å². The normalized spacial score (nSPS) is 10.6. The Morgan fingerprint density at radius 2 is 2.20 bits per heavy atom. The van der Waals surface area contributed by atoms with Crippen LogP contribution in [-0.2, 0) is 0 Å². The smallest absolute Gasteiger partial charge is 0.171 e. The average molecular weight is 305 g/mol. The molecule has 6 heteroatoms. The van der Waals surface area contributed by atoms with Crippen molar-refractivity contribution in [3.05, 3.63) is 26.6 Å². The van der Waals surface area contributed by atoms with E-state index in [4.69, 9.17) is 17.3 Å². The Labute approximate surface area is 104 Å². The van der Waals surface area contributed by atoms with E-state index < -0.39 is 0 Å². The molecule has 0 unspecified atom stereocenters. The fraction of sp³-hybridized carbons (Fsp3) is 0.111. The first-order valence-electron chi connectivity index (χ1n) is 4.12. The topological polar surface area (TPSA) is 51.8 Å². The first-order chi connectivity index (χ1) is 7.08. The molecule has 0 fully saturated rings. The van der Waals surface area contributed by atoms with Gasteiger partial charge in [-0.15, -0.1) is 11.3 Å². The Morgan fingerprint density at radius 3 is 2.73 bits per heavy atom. The molecule has 0 bridgehead atoms. The third kappa shape index (κ3) is 2.14. The summed E-state index contributed by atoms with van der Waals surface area (Å²) >= 11 is 10.7. The number of aromatic nitrogens is 2. The van der Waals surface area contributed by atoms with Gasteiger partial charge in [-0.25, -0.2) is 9.97 Å². The van der Waals surface area contributed by atoms with E-state index in [1.165, 1.54) is 11.3 Å². The molecule has 0 amide bonds. The van der Waals surface area contributed by atoms with Crippen LogP contribution < -0.4 is 5.73 Å². The van der Waals surface area contributed by atoms with E-state index in [-0.39, 0.29) is 0 Å². The van der Waals surface area contributed by atoms with Crippen molar-refractivity contribution in [1.29, 1.82) is 0 Å². The maximum atomic E-state index is 5.84. The van der Waals surface area contributed by atoms with Gasteiger partial charge in [-0.05, 0) is 28.9 Å². The summed E-state index contributed by atoms with van der Waals surface area (Å²) in [5, 5.41) is 2.53. The summed E-state index contributed by atoms with van der Waals surface area (Å²) in [7, 11) is 0. The minimum absolute atomic E-state index is 0.446. The second-order valence-corrected chi connectivity index (χ2v) is 5.10. The quantitative estimate of drug-likeness (QED) is 0.877. The van der Waals surface area contributed by atoms with Crippen LogP contribution in [0.1, 0.15) is 5.69 Å². The fourth-order valence-electron chi connectivity index (χ4n) is 1.12. The van der Waals surface area contributed by atoms with Crippen LogP contribution in [0.3, 0.4) is 0 Å². The molecule has 0 saturated carbocycles. The molecule has 0 atom stereocenters. The lowest BCUT2D eigenvalue weighted by Crippen LogP contribution is -1.99. The van der Waals surface area contributed by atoms with Crippen molar-refractivity contribution in [3.8, 4) is 10.7 Å². The van der Waals surface area contributed by atoms with Gasteiger partial charge in [-0.1, -0.05) is 11.6 Å². The third-order valence-corrected chi connectivity index (χ3v) is 4.08. The molecule has 78 valence electrons. The molecule has 2 heterocycles. The Balaban J connectivity index is 2.55. The molecule has 15 heavy (non-hydrogen) atoms. The van der Waals surface area contributed by atoms with Crippen LogP contribution in [0.5, 0.6) is 0 Å². The number of aryl methyl sites for hydroxylation is 1. The number of thiophene rings is 1. The molecular weight excluding hydrogens is 298 g/mol. The molecule has 2 aromatic rings. The van der Waals surface area contributed by atoms with E-state index >= 15 is 0 Å². The molecule has 0 aliphatic carbocycles. The van der Waals surface area contributed by atoms with Crippen LogP contribution in [0.4, 0.5) is 5.82 Å². The first-order valence-corrected chi connectivity index (χ1v) is 6.17. The maximum Gasteiger partial charge on any atom is 0.171 e. The number of hydrogen-bond acceptors (Lipinski definition) is 4. The van der Waals surface area contributed by atoms with Gasteiger partial charge < -0.3 is 5.73 Å². The summed E-state index contributed by atoms with van der Waals surface area (Å²) in [5.74, 6) is 1.06. The number of nitrogens with two attached hydrogens (primary N) is 1. The number of hydrogen-bond donors (Lipinski definition) is 1. The fourth-order valence-corrected chi connectivity index (χ4v) is 2.31. The summed E-state index contributed by atoms with van der Waals surface area (Å²) in [6, 6.07) is 1.83. The molecular formula is C9H7BrClN3S. The van der Waals surface area contributed by atoms with E-state index in [2.05, 4.69) is 25.9 Å². The Bertz CT molecular complexity index is 489. The number of halogens is 2. The zero-order valence-corrected chi connectivity index (χ0v) is 10.9. The maximum absolute atomic E-state index is 5.84. The minimum Gasteiger partial charge on any atom is -0.383 e. The van der Waals surface area contributed by atoms with Crippen LogP contribution in [0, 0.1) is 6.92 Å². The standard InChI is InChI=1S/C9H7BrClN3S/c1-4-7(10)8(12)14-9(13-4)6-2-5(11)3-15-6/h2-3H,1H3,(H2,12,13,14). The Hall–Kier alpha value is -0.650. The first kappa shape index (κ1) is 10.9. The highest BCUT2D eigenvalue weighted by Crippen LogP contribution is 2.30. The lowest BCUT2D eigenvalue weighted by atomic mass is 10.4. The van der Waals surface area contributed by atoms with Crippen LogP contribution >= 0.6 is 38.9 Å². The van der Waals surface area contributed by atoms with Crippen molar-refractivity contribution in [2.45, 2.75) is 6.92 Å². The van der Waals surface area contributed by atoms with E-state index in [1.807, 2.05) is 18.4 Å². The summed E-state index contributed by atoms with van der Waals surface area (Å²) in [6.45, 7) is 1.88. The predicted octanol–water partition coefficient (Wildman–Crippen LogP) is 3.51. The van der Waals surface area contributed by atoms with Gasteiger partial charge in [0.1, 0.15) is 5.82 Å². The number of nitrogen functional groups attached to an aromatic ring is 1. The zero-order chi connectivity index (χ0) is 11.0. The second kappa shape index (κ2) is 4.08. The largest absolute Gasteiger partial charge is 0.383 e. The highest BCUT2D eigenvalue weighted by atomic mass is 79.9. The van der Waals surface area contributed by atoms with Crippen molar-refractivity contribution < 1.29 is 0 Å². The summed E-state index contributed by atoms with van der Waals surface area (Å²) in [6.07, 6.45) is 0. The van der Waals surface area contributed by atoms with Crippen molar-refractivity contribution in [2.24, 2.45) is 0 Å². The van der Waals surface area contributed by atoms with Crippen LogP contribution in [0.15, 0.2) is 15.9 Å². The molecule has 2 rings (SSSR count). The molecule has 0 aliphatic rings. The molecule has 0 aliphatic heterocycles. The summed E-state index contributed by atoms with van der Waals surface area (Å²) < 4.78 is 0.744. The Kier molecular flexibility index (Phi) is 2.95. The second-order valence-electron chi connectivity index (χ2n) is 2.96. The van der Waals surface area contributed by atoms with E-state index in [0.717, 1.165) is 15.0 Å². The SMILES string of the molecule is Cc1nc(-c2cc(Cl)cs2)nc(N)c1Br. The third-order valence-electron chi connectivity index (χ3n) is 1.83. The highest BCUT2D eigenvalue weighted by Gasteiger charge is 2.09. The lowest BCUT2D eigenvalue weighted by Gasteiger charge is -2.03. The lowest BCUT2D eigenvalue weighted by molar-refractivity contribution is 1.11. The van der Waals surface area contributed by atoms with Gasteiger partial charge >= 0.3 is 0 Å². The van der Waals surface area contributed by atoms with Crippen molar-refractivity contribution in [2.75, 3.05) is 5.73 Å². The minimum atomic E-state index is 0.446. The number of nitrogens with zero attached hydrogens (tertiary/aromatic N) is 2. The van der Waals surface area contributed by atoms with E-state index in [1.54, 1.807) is 0 Å². The zero-order valence-electron chi connectivity index (χ0n) is 7.79. The summed E-state index contributed by atoms with van der Waals surface area (Å²) in [5.41, 5.74) is 6.56. The van der Waals surface area contributed by atoms with Crippen LogP contribution in [-0.4, -0.2) is 9.97 Å². The van der Waals surface area contributed by atoms with Gasteiger partial charge in [-0.3, -0.25) is 0 Å². The van der Waals surface area contributed by atoms with E-state index in [0.29, 0.717) is 16.7 Å². The van der Waals surface area contributed by atoms with Crippen LogP contribution in [0.2, 0.25) is 5.02 Å². The molecule has 0 spiro atoms. The predicted molar refractivity (Wildman–Crippen MR) is 67.2 cm³/mol. The molecule has 3 nitrogen and oxygen atoms in total. The molecule has 0 saturated heterocycles.